The molecule has 2 aromatic heterocycles. The lowest BCUT2D eigenvalue weighted by Gasteiger charge is -2.03. The maximum absolute atomic E-state index is 12.2. The second kappa shape index (κ2) is 6.76. The molecule has 0 unspecified atom stereocenters. The molecule has 0 atom stereocenters. The fourth-order valence-corrected chi connectivity index (χ4v) is 5.24. The van der Waals surface area contributed by atoms with E-state index in [0.717, 1.165) is 4.88 Å². The van der Waals surface area contributed by atoms with Crippen LogP contribution in [0.4, 0.5) is 0 Å². The highest BCUT2D eigenvalue weighted by Gasteiger charge is 2.20. The van der Waals surface area contributed by atoms with Crippen LogP contribution in [0.2, 0.25) is 0 Å². The summed E-state index contributed by atoms with van der Waals surface area (Å²) in [5, 5.41) is 6.60. The first-order chi connectivity index (χ1) is 9.53. The van der Waals surface area contributed by atoms with E-state index in [1.165, 1.54) is 17.7 Å². The Bertz CT molecular complexity index is 654. The maximum Gasteiger partial charge on any atom is 0.242 e. The van der Waals surface area contributed by atoms with Crippen LogP contribution < -0.4 is 10.0 Å². The summed E-state index contributed by atoms with van der Waals surface area (Å²) in [6.07, 6.45) is 1.59. The monoisotopic (exact) mass is 380 g/mol. The number of halogens is 1. The van der Waals surface area contributed by atoms with Gasteiger partial charge in [-0.2, -0.15) is 4.98 Å². The van der Waals surface area contributed by atoms with E-state index in [1.807, 2.05) is 7.05 Å². The number of hydrogen-bond donors (Lipinski definition) is 2. The quantitative estimate of drug-likeness (QED) is 0.747. The smallest absolute Gasteiger partial charge is 0.242 e. The molecule has 0 bridgehead atoms. The number of nitrogens with one attached hydrogen (secondary N) is 2. The summed E-state index contributed by atoms with van der Waals surface area (Å²) in [6, 6.07) is 1.65. The van der Waals surface area contributed by atoms with Crippen molar-refractivity contribution in [2.75, 3.05) is 13.6 Å². The summed E-state index contributed by atoms with van der Waals surface area (Å²) in [5.41, 5.74) is 0. The number of nitrogens with zero attached hydrogens (tertiary/aromatic N) is 2. The molecule has 0 radical (unpaired) electrons. The molecular weight excluding hydrogens is 368 g/mol. The molecule has 0 spiro atoms. The van der Waals surface area contributed by atoms with E-state index in [0.29, 0.717) is 22.6 Å². The molecular formula is C10H13BrN4O3S2. The minimum atomic E-state index is -3.54. The van der Waals surface area contributed by atoms with Gasteiger partial charge >= 0.3 is 0 Å². The van der Waals surface area contributed by atoms with Gasteiger partial charge in [0.05, 0.1) is 3.79 Å². The van der Waals surface area contributed by atoms with E-state index in [1.54, 1.807) is 6.07 Å². The van der Waals surface area contributed by atoms with E-state index in [2.05, 4.69) is 40.6 Å². The lowest BCUT2D eigenvalue weighted by Crippen LogP contribution is -2.26. The molecule has 10 heteroatoms. The number of sulfonamides is 1. The van der Waals surface area contributed by atoms with Crippen molar-refractivity contribution in [2.45, 2.75) is 17.9 Å². The third-order valence-corrected chi connectivity index (χ3v) is 6.11. The summed E-state index contributed by atoms with van der Waals surface area (Å²) < 4.78 is 32.0. The molecule has 20 heavy (non-hydrogen) atoms. The standard InChI is InChI=1S/C10H13BrN4O3S2/c1-12-5-7-4-8(10(11)19-7)20(16,17)14-3-2-9-13-6-18-15-9/h4,6,12,14H,2-3,5H2,1H3. The van der Waals surface area contributed by atoms with Crippen molar-refractivity contribution in [3.05, 3.63) is 26.9 Å². The first-order valence-electron chi connectivity index (χ1n) is 5.70. The molecule has 2 rings (SSSR count). The van der Waals surface area contributed by atoms with Crippen molar-refractivity contribution in [1.29, 1.82) is 0 Å². The molecule has 0 aliphatic rings. The predicted octanol–water partition coefficient (Wildman–Crippen LogP) is 1.13. The molecule has 0 fully saturated rings. The molecule has 0 aliphatic carbocycles. The summed E-state index contributed by atoms with van der Waals surface area (Å²) in [4.78, 5) is 5.02. The molecule has 2 heterocycles. The van der Waals surface area contributed by atoms with Gasteiger partial charge in [0.15, 0.2) is 5.82 Å². The van der Waals surface area contributed by atoms with Crippen LogP contribution in [0.5, 0.6) is 0 Å². The van der Waals surface area contributed by atoms with Crippen LogP contribution in [0.1, 0.15) is 10.7 Å². The zero-order chi connectivity index (χ0) is 14.6. The Morgan fingerprint density at radius 3 is 2.95 bits per heavy atom. The fourth-order valence-electron chi connectivity index (χ4n) is 1.52. The summed E-state index contributed by atoms with van der Waals surface area (Å²) in [7, 11) is -1.73. The number of aromatic nitrogens is 2. The second-order valence-electron chi connectivity index (χ2n) is 3.88. The molecule has 0 saturated carbocycles. The summed E-state index contributed by atoms with van der Waals surface area (Å²) >= 11 is 4.68. The van der Waals surface area contributed by atoms with Gasteiger partial charge in [-0.3, -0.25) is 0 Å². The van der Waals surface area contributed by atoms with Crippen molar-refractivity contribution in [3.63, 3.8) is 0 Å². The maximum atomic E-state index is 12.2. The Balaban J connectivity index is 2.02. The Morgan fingerprint density at radius 2 is 2.30 bits per heavy atom. The van der Waals surface area contributed by atoms with Gasteiger partial charge in [0.25, 0.3) is 0 Å². The summed E-state index contributed by atoms with van der Waals surface area (Å²) in [6.45, 7) is 0.840. The van der Waals surface area contributed by atoms with Gasteiger partial charge in [0.1, 0.15) is 4.90 Å². The minimum Gasteiger partial charge on any atom is -0.343 e. The van der Waals surface area contributed by atoms with Crippen LogP contribution in [0.25, 0.3) is 0 Å². The average Bonchev–Trinajstić information content (AvgIpc) is 2.99. The number of hydrogen-bond acceptors (Lipinski definition) is 7. The lowest BCUT2D eigenvalue weighted by atomic mass is 10.4. The minimum absolute atomic E-state index is 0.214. The molecule has 110 valence electrons. The molecule has 2 aromatic rings. The normalized spacial score (nSPS) is 11.9. The Kier molecular flexibility index (Phi) is 5.27. The van der Waals surface area contributed by atoms with Crippen LogP contribution in [-0.2, 0) is 23.0 Å². The second-order valence-corrected chi connectivity index (χ2v) is 8.07. The predicted molar refractivity (Wildman–Crippen MR) is 78.0 cm³/mol. The highest BCUT2D eigenvalue weighted by atomic mass is 79.9. The van der Waals surface area contributed by atoms with Gasteiger partial charge in [0.2, 0.25) is 16.4 Å². The molecule has 0 amide bonds. The van der Waals surface area contributed by atoms with Crippen LogP contribution in [-0.4, -0.2) is 32.2 Å². The van der Waals surface area contributed by atoms with E-state index in [-0.39, 0.29) is 11.4 Å². The molecule has 0 saturated heterocycles. The lowest BCUT2D eigenvalue weighted by molar-refractivity contribution is 0.410. The van der Waals surface area contributed by atoms with Gasteiger partial charge in [-0.25, -0.2) is 13.1 Å². The van der Waals surface area contributed by atoms with Gasteiger partial charge < -0.3 is 9.84 Å². The molecule has 0 aromatic carbocycles. The van der Waals surface area contributed by atoms with Gasteiger partial charge in [-0.05, 0) is 29.0 Å². The average molecular weight is 381 g/mol. The van der Waals surface area contributed by atoms with Gasteiger partial charge in [-0.1, -0.05) is 5.16 Å². The largest absolute Gasteiger partial charge is 0.343 e. The van der Waals surface area contributed by atoms with E-state index < -0.39 is 10.0 Å². The van der Waals surface area contributed by atoms with E-state index in [9.17, 15) is 8.42 Å². The van der Waals surface area contributed by atoms with Gasteiger partial charge in [0, 0.05) is 24.4 Å². The topological polar surface area (TPSA) is 97.1 Å². The first-order valence-corrected chi connectivity index (χ1v) is 8.80. The third kappa shape index (κ3) is 3.85. The Morgan fingerprint density at radius 1 is 1.50 bits per heavy atom. The van der Waals surface area contributed by atoms with Crippen LogP contribution >= 0.6 is 27.3 Å². The van der Waals surface area contributed by atoms with Crippen molar-refractivity contribution in [3.8, 4) is 0 Å². The zero-order valence-electron chi connectivity index (χ0n) is 10.6. The Labute approximate surface area is 129 Å². The molecule has 2 N–H and O–H groups in total. The zero-order valence-corrected chi connectivity index (χ0v) is 13.8. The van der Waals surface area contributed by atoms with E-state index in [4.69, 9.17) is 0 Å². The highest BCUT2D eigenvalue weighted by molar-refractivity contribution is 9.11. The van der Waals surface area contributed by atoms with Crippen molar-refractivity contribution < 1.29 is 12.9 Å². The molecule has 0 aliphatic heterocycles. The van der Waals surface area contributed by atoms with Gasteiger partial charge in [-0.15, -0.1) is 11.3 Å². The highest BCUT2D eigenvalue weighted by Crippen LogP contribution is 2.31. The van der Waals surface area contributed by atoms with Crippen LogP contribution in [0, 0.1) is 0 Å². The van der Waals surface area contributed by atoms with Crippen LogP contribution in [0.15, 0.2) is 25.7 Å². The molecule has 7 nitrogen and oxygen atoms in total. The first kappa shape index (κ1) is 15.6. The summed E-state index contributed by atoms with van der Waals surface area (Å²) in [5.74, 6) is 0.466. The van der Waals surface area contributed by atoms with E-state index >= 15 is 0 Å². The third-order valence-electron chi connectivity index (χ3n) is 2.39. The fraction of sp³-hybridized carbons (Fsp3) is 0.400. The van der Waals surface area contributed by atoms with Crippen molar-refractivity contribution >= 4 is 37.3 Å². The van der Waals surface area contributed by atoms with Crippen molar-refractivity contribution in [2.24, 2.45) is 0 Å². The SMILES string of the molecule is CNCc1cc(S(=O)(=O)NCCc2ncon2)c(Br)s1. The number of rotatable bonds is 7. The van der Waals surface area contributed by atoms with Crippen molar-refractivity contribution in [1.82, 2.24) is 20.2 Å². The number of thiophene rings is 1. The Hall–Kier alpha value is -0.810. The van der Waals surface area contributed by atoms with Crippen LogP contribution in [0.3, 0.4) is 0 Å².